The first-order valence-electron chi connectivity index (χ1n) is 9.23. The molecular weight excluding hydrogens is 342 g/mol. The van der Waals surface area contributed by atoms with E-state index in [1.54, 1.807) is 18.6 Å². The quantitative estimate of drug-likeness (QED) is 0.683. The summed E-state index contributed by atoms with van der Waals surface area (Å²) in [7, 11) is 1.99. The largest absolute Gasteiger partial charge is 0.342 e. The van der Waals surface area contributed by atoms with Crippen LogP contribution in [-0.2, 0) is 24.8 Å². The van der Waals surface area contributed by atoms with Gasteiger partial charge >= 0.3 is 0 Å². The topological polar surface area (TPSA) is 81.7 Å². The van der Waals surface area contributed by atoms with Crippen LogP contribution in [0.1, 0.15) is 36.0 Å². The molecule has 0 aromatic carbocycles. The third kappa shape index (κ3) is 3.89. The Morgan fingerprint density at radius 3 is 2.85 bits per heavy atom. The highest BCUT2D eigenvalue weighted by Crippen LogP contribution is 2.26. The SMILES string of the molecule is Cn1c(Cn2cccn2)nnc1[C@@H]1CCCN(C(=O)Cc2ccncc2)C1. The van der Waals surface area contributed by atoms with E-state index >= 15 is 0 Å². The lowest BCUT2D eigenvalue weighted by molar-refractivity contribution is -0.131. The maximum absolute atomic E-state index is 12.7. The zero-order valence-corrected chi connectivity index (χ0v) is 15.4. The molecule has 8 nitrogen and oxygen atoms in total. The number of nitrogens with zero attached hydrogens (tertiary/aromatic N) is 7. The van der Waals surface area contributed by atoms with Gasteiger partial charge in [0.2, 0.25) is 5.91 Å². The summed E-state index contributed by atoms with van der Waals surface area (Å²) in [6, 6.07) is 5.68. The molecule has 1 aliphatic rings. The number of carbonyl (C=O) groups is 1. The first-order valence-corrected chi connectivity index (χ1v) is 9.23. The Hall–Kier alpha value is -3.03. The van der Waals surface area contributed by atoms with Crippen LogP contribution in [0.3, 0.4) is 0 Å². The first kappa shape index (κ1) is 17.4. The zero-order chi connectivity index (χ0) is 18.6. The van der Waals surface area contributed by atoms with Crippen LogP contribution >= 0.6 is 0 Å². The smallest absolute Gasteiger partial charge is 0.227 e. The maximum atomic E-state index is 12.7. The summed E-state index contributed by atoms with van der Waals surface area (Å²) in [5.41, 5.74) is 0.997. The Balaban J connectivity index is 1.44. The monoisotopic (exact) mass is 365 g/mol. The molecule has 1 saturated heterocycles. The standard InChI is InChI=1S/C19H23N7O/c1-24-17(14-26-11-3-7-21-26)22-23-19(24)16-4-2-10-25(13-16)18(27)12-15-5-8-20-9-6-15/h3,5-9,11,16H,2,4,10,12-14H2,1H3/t16-/m1/s1. The van der Waals surface area contributed by atoms with Crippen molar-refractivity contribution in [1.29, 1.82) is 0 Å². The van der Waals surface area contributed by atoms with Gasteiger partial charge in [0.25, 0.3) is 0 Å². The fourth-order valence-electron chi connectivity index (χ4n) is 3.61. The van der Waals surface area contributed by atoms with Crippen molar-refractivity contribution in [2.75, 3.05) is 13.1 Å². The van der Waals surface area contributed by atoms with Gasteiger partial charge in [-0.1, -0.05) is 0 Å². The molecule has 0 spiro atoms. The lowest BCUT2D eigenvalue weighted by Gasteiger charge is -2.32. The summed E-state index contributed by atoms with van der Waals surface area (Å²) in [6.45, 7) is 2.09. The molecule has 0 unspecified atom stereocenters. The molecule has 8 heteroatoms. The number of rotatable bonds is 5. The van der Waals surface area contributed by atoms with Crippen LogP contribution in [0.5, 0.6) is 0 Å². The Bertz CT molecular complexity index is 888. The van der Waals surface area contributed by atoms with E-state index in [2.05, 4.69) is 20.3 Å². The molecule has 0 N–H and O–H groups in total. The molecule has 140 valence electrons. The second-order valence-corrected chi connectivity index (χ2v) is 6.95. The number of pyridine rings is 1. The molecule has 4 heterocycles. The third-order valence-corrected chi connectivity index (χ3v) is 5.11. The van der Waals surface area contributed by atoms with Crippen molar-refractivity contribution in [2.45, 2.75) is 31.7 Å². The minimum Gasteiger partial charge on any atom is -0.342 e. The molecule has 1 fully saturated rings. The number of carbonyl (C=O) groups excluding carboxylic acids is 1. The average Bonchev–Trinajstić information content (AvgIpc) is 3.33. The van der Waals surface area contributed by atoms with Gasteiger partial charge in [0, 0.05) is 50.8 Å². The number of hydrogen-bond donors (Lipinski definition) is 0. The van der Waals surface area contributed by atoms with E-state index in [-0.39, 0.29) is 11.8 Å². The highest BCUT2D eigenvalue weighted by molar-refractivity contribution is 5.78. The highest BCUT2D eigenvalue weighted by atomic mass is 16.2. The minimum atomic E-state index is 0.157. The second kappa shape index (κ2) is 7.69. The minimum absolute atomic E-state index is 0.157. The van der Waals surface area contributed by atoms with Gasteiger partial charge in [-0.3, -0.25) is 14.5 Å². The lowest BCUT2D eigenvalue weighted by Crippen LogP contribution is -2.40. The molecule has 1 atom stereocenters. The van der Waals surface area contributed by atoms with E-state index in [9.17, 15) is 4.79 Å². The number of piperidine rings is 1. The van der Waals surface area contributed by atoms with Gasteiger partial charge in [0.1, 0.15) is 12.4 Å². The number of amides is 1. The van der Waals surface area contributed by atoms with Crippen LogP contribution in [0.2, 0.25) is 0 Å². The molecule has 0 saturated carbocycles. The Morgan fingerprint density at radius 2 is 2.07 bits per heavy atom. The highest BCUT2D eigenvalue weighted by Gasteiger charge is 2.28. The molecule has 3 aromatic heterocycles. The number of aromatic nitrogens is 6. The van der Waals surface area contributed by atoms with Gasteiger partial charge in [-0.15, -0.1) is 10.2 Å². The van der Waals surface area contributed by atoms with Crippen LogP contribution in [0, 0.1) is 0 Å². The van der Waals surface area contributed by atoms with Crippen LogP contribution in [-0.4, -0.2) is 53.4 Å². The first-order chi connectivity index (χ1) is 13.2. The zero-order valence-electron chi connectivity index (χ0n) is 15.4. The molecular formula is C19H23N7O. The molecule has 0 bridgehead atoms. The average molecular weight is 365 g/mol. The maximum Gasteiger partial charge on any atom is 0.227 e. The van der Waals surface area contributed by atoms with E-state index in [1.165, 1.54) is 0 Å². The summed E-state index contributed by atoms with van der Waals surface area (Å²) in [5, 5.41) is 13.0. The Labute approximate surface area is 157 Å². The van der Waals surface area contributed by atoms with E-state index < -0.39 is 0 Å². The molecule has 1 amide bonds. The van der Waals surface area contributed by atoms with Crippen LogP contribution in [0.25, 0.3) is 0 Å². The van der Waals surface area contributed by atoms with E-state index in [1.807, 2.05) is 45.6 Å². The van der Waals surface area contributed by atoms with Crippen molar-refractivity contribution in [3.63, 3.8) is 0 Å². The lowest BCUT2D eigenvalue weighted by atomic mass is 9.96. The van der Waals surface area contributed by atoms with E-state index in [0.717, 1.165) is 36.6 Å². The molecule has 0 radical (unpaired) electrons. The van der Waals surface area contributed by atoms with E-state index in [0.29, 0.717) is 19.5 Å². The van der Waals surface area contributed by atoms with Crippen LogP contribution in [0.4, 0.5) is 0 Å². The van der Waals surface area contributed by atoms with Gasteiger partial charge in [-0.25, -0.2) is 0 Å². The van der Waals surface area contributed by atoms with Crippen molar-refractivity contribution in [3.05, 3.63) is 60.2 Å². The molecule has 0 aliphatic carbocycles. The molecule has 3 aromatic rings. The third-order valence-electron chi connectivity index (χ3n) is 5.11. The predicted molar refractivity (Wildman–Crippen MR) is 98.8 cm³/mol. The van der Waals surface area contributed by atoms with Crippen molar-refractivity contribution >= 4 is 5.91 Å². The van der Waals surface area contributed by atoms with Gasteiger partial charge in [-0.2, -0.15) is 5.10 Å². The van der Waals surface area contributed by atoms with Gasteiger partial charge in [0.05, 0.1) is 6.42 Å². The summed E-state index contributed by atoms with van der Waals surface area (Å²) in [4.78, 5) is 18.7. The van der Waals surface area contributed by atoms with Crippen molar-refractivity contribution in [3.8, 4) is 0 Å². The summed E-state index contributed by atoms with van der Waals surface area (Å²) < 4.78 is 3.88. The van der Waals surface area contributed by atoms with Crippen LogP contribution < -0.4 is 0 Å². The fourth-order valence-corrected chi connectivity index (χ4v) is 3.61. The molecule has 1 aliphatic heterocycles. The van der Waals surface area contributed by atoms with Crippen molar-refractivity contribution < 1.29 is 4.79 Å². The van der Waals surface area contributed by atoms with Gasteiger partial charge in [-0.05, 0) is 36.6 Å². The molecule has 27 heavy (non-hydrogen) atoms. The van der Waals surface area contributed by atoms with Crippen molar-refractivity contribution in [1.82, 2.24) is 34.4 Å². The van der Waals surface area contributed by atoms with Crippen LogP contribution in [0.15, 0.2) is 43.0 Å². The van der Waals surface area contributed by atoms with E-state index in [4.69, 9.17) is 0 Å². The van der Waals surface area contributed by atoms with Gasteiger partial charge < -0.3 is 9.47 Å². The predicted octanol–water partition coefficient (Wildman–Crippen LogP) is 1.40. The molecule has 4 rings (SSSR count). The Morgan fingerprint density at radius 1 is 1.22 bits per heavy atom. The van der Waals surface area contributed by atoms with Gasteiger partial charge in [0.15, 0.2) is 5.82 Å². The Kier molecular flexibility index (Phi) is 4.95. The fraction of sp³-hybridized carbons (Fsp3) is 0.421. The summed E-state index contributed by atoms with van der Waals surface area (Å²) in [6.07, 6.45) is 9.53. The summed E-state index contributed by atoms with van der Waals surface area (Å²) >= 11 is 0. The number of likely N-dealkylation sites (tertiary alicyclic amines) is 1. The van der Waals surface area contributed by atoms with Crippen molar-refractivity contribution in [2.24, 2.45) is 7.05 Å². The number of hydrogen-bond acceptors (Lipinski definition) is 5. The normalized spacial score (nSPS) is 17.2. The second-order valence-electron chi connectivity index (χ2n) is 6.95. The summed E-state index contributed by atoms with van der Waals surface area (Å²) in [5.74, 6) is 2.18.